The zero-order chi connectivity index (χ0) is 9.26. The van der Waals surface area contributed by atoms with Gasteiger partial charge in [0, 0.05) is 5.56 Å². The van der Waals surface area contributed by atoms with Crippen LogP contribution in [-0.4, -0.2) is 10.9 Å². The van der Waals surface area contributed by atoms with Crippen LogP contribution in [0, 0.1) is 0 Å². The van der Waals surface area contributed by atoms with E-state index in [0.29, 0.717) is 16.2 Å². The van der Waals surface area contributed by atoms with Crippen LogP contribution in [-0.2, 0) is 0 Å². The smallest absolute Gasteiger partial charge is 0.259 e. The number of hydrogen-bond acceptors (Lipinski definition) is 4. The molecule has 0 bridgehead atoms. The second-order valence-corrected chi connectivity index (χ2v) is 3.31. The van der Waals surface area contributed by atoms with Crippen LogP contribution < -0.4 is 5.73 Å². The summed E-state index contributed by atoms with van der Waals surface area (Å²) in [4.78, 5) is 15.2. The molecule has 2 aromatic rings. The van der Waals surface area contributed by atoms with Crippen molar-refractivity contribution in [2.75, 3.05) is 0 Å². The molecule has 2 heterocycles. The van der Waals surface area contributed by atoms with Crippen LogP contribution >= 0.6 is 11.3 Å². The highest BCUT2D eigenvalue weighted by Crippen LogP contribution is 2.27. The van der Waals surface area contributed by atoms with Crippen LogP contribution in [0.3, 0.4) is 0 Å². The average Bonchev–Trinajstić information content (AvgIpc) is 2.74. The molecule has 2 rings (SSSR count). The lowest BCUT2D eigenvalue weighted by atomic mass is 10.2. The van der Waals surface area contributed by atoms with Gasteiger partial charge < -0.3 is 10.2 Å². The van der Waals surface area contributed by atoms with Crippen molar-refractivity contribution < 1.29 is 9.21 Å². The molecule has 2 N–H and O–H groups in total. The molecule has 0 saturated carbocycles. The van der Waals surface area contributed by atoms with Gasteiger partial charge in [0.15, 0.2) is 12.2 Å². The molecule has 0 aromatic carbocycles. The van der Waals surface area contributed by atoms with Crippen molar-refractivity contribution in [2.45, 2.75) is 0 Å². The van der Waals surface area contributed by atoms with Crippen LogP contribution in [0.15, 0.2) is 28.5 Å². The Morgan fingerprint density at radius 1 is 1.62 bits per heavy atom. The van der Waals surface area contributed by atoms with E-state index >= 15 is 0 Å². The maximum absolute atomic E-state index is 10.9. The summed E-state index contributed by atoms with van der Waals surface area (Å²) >= 11 is 1.29. The summed E-state index contributed by atoms with van der Waals surface area (Å²) in [6.45, 7) is 0. The zero-order valence-corrected chi connectivity index (χ0v) is 7.38. The first-order valence-corrected chi connectivity index (χ1v) is 4.43. The Morgan fingerprint density at radius 2 is 2.46 bits per heavy atom. The Balaban J connectivity index is 2.52. The van der Waals surface area contributed by atoms with E-state index in [1.54, 1.807) is 17.6 Å². The number of hydrogen-bond donors (Lipinski definition) is 1. The molecule has 0 saturated heterocycles. The maximum Gasteiger partial charge on any atom is 0.259 e. The van der Waals surface area contributed by atoms with Gasteiger partial charge in [0.25, 0.3) is 5.91 Å². The Morgan fingerprint density at radius 3 is 3.08 bits per heavy atom. The minimum atomic E-state index is -0.443. The molecule has 2 aromatic heterocycles. The first-order valence-electron chi connectivity index (χ1n) is 3.55. The van der Waals surface area contributed by atoms with Gasteiger partial charge in [0.05, 0.1) is 6.20 Å². The highest BCUT2D eigenvalue weighted by molar-refractivity contribution is 7.12. The fourth-order valence-electron chi connectivity index (χ4n) is 1.04. The fraction of sp³-hybridized carbons (Fsp3) is 0. The summed E-state index contributed by atoms with van der Waals surface area (Å²) in [6, 6.07) is 1.78. The van der Waals surface area contributed by atoms with Crippen LogP contribution in [0.4, 0.5) is 0 Å². The van der Waals surface area contributed by atoms with E-state index in [0.717, 1.165) is 0 Å². The number of rotatable bonds is 2. The van der Waals surface area contributed by atoms with Gasteiger partial charge in [-0.25, -0.2) is 4.98 Å². The summed E-state index contributed by atoms with van der Waals surface area (Å²) in [5.41, 5.74) is 5.88. The molecule has 0 aliphatic heterocycles. The largest absolute Gasteiger partial charge is 0.443 e. The maximum atomic E-state index is 10.9. The lowest BCUT2D eigenvalue weighted by Gasteiger charge is -1.93. The minimum Gasteiger partial charge on any atom is -0.443 e. The van der Waals surface area contributed by atoms with Crippen LogP contribution in [0.25, 0.3) is 11.3 Å². The number of carbonyl (C=O) groups is 1. The highest BCUT2D eigenvalue weighted by Gasteiger charge is 2.13. The van der Waals surface area contributed by atoms with Gasteiger partial charge in [-0.15, -0.1) is 11.3 Å². The molecule has 0 aliphatic rings. The number of carbonyl (C=O) groups excluding carboxylic acids is 1. The van der Waals surface area contributed by atoms with Gasteiger partial charge in [-0.05, 0) is 11.4 Å². The molecular weight excluding hydrogens is 188 g/mol. The standard InChI is InChI=1S/C8H6N2O2S/c9-8(11)7-5(1-2-13-7)6-3-10-4-12-6/h1-4H,(H2,9,11). The molecular formula is C8H6N2O2S. The van der Waals surface area contributed by atoms with Crippen molar-refractivity contribution in [1.82, 2.24) is 4.98 Å². The summed E-state index contributed by atoms with van der Waals surface area (Å²) in [6.07, 6.45) is 2.87. The molecule has 0 spiro atoms. The Hall–Kier alpha value is -1.62. The highest BCUT2D eigenvalue weighted by atomic mass is 32.1. The number of oxazole rings is 1. The molecule has 0 unspecified atom stereocenters. The van der Waals surface area contributed by atoms with Gasteiger partial charge in [0.1, 0.15) is 4.88 Å². The van der Waals surface area contributed by atoms with E-state index < -0.39 is 5.91 Å². The van der Waals surface area contributed by atoms with Gasteiger partial charge >= 0.3 is 0 Å². The lowest BCUT2D eigenvalue weighted by Crippen LogP contribution is -2.09. The fourth-order valence-corrected chi connectivity index (χ4v) is 1.79. The van der Waals surface area contributed by atoms with Gasteiger partial charge in [-0.2, -0.15) is 0 Å². The molecule has 1 amide bonds. The van der Waals surface area contributed by atoms with Gasteiger partial charge in [-0.1, -0.05) is 0 Å². The first kappa shape index (κ1) is 8.00. The molecule has 0 atom stereocenters. The van der Waals surface area contributed by atoms with Crippen molar-refractivity contribution >= 4 is 17.2 Å². The number of nitrogens with two attached hydrogens (primary N) is 1. The summed E-state index contributed by atoms with van der Waals surface area (Å²) in [7, 11) is 0. The minimum absolute atomic E-state index is 0.443. The predicted molar refractivity (Wildman–Crippen MR) is 48.3 cm³/mol. The summed E-state index contributed by atoms with van der Waals surface area (Å²) in [5, 5.41) is 1.79. The summed E-state index contributed by atoms with van der Waals surface area (Å²) < 4.78 is 5.06. The van der Waals surface area contributed by atoms with Crippen LogP contribution in [0.2, 0.25) is 0 Å². The van der Waals surface area contributed by atoms with Gasteiger partial charge in [0.2, 0.25) is 0 Å². The quantitative estimate of drug-likeness (QED) is 0.787. The third-order valence-corrected chi connectivity index (χ3v) is 2.52. The van der Waals surface area contributed by atoms with Crippen molar-refractivity contribution in [3.05, 3.63) is 28.9 Å². The van der Waals surface area contributed by atoms with Crippen molar-refractivity contribution in [3.63, 3.8) is 0 Å². The number of amides is 1. The monoisotopic (exact) mass is 194 g/mol. The van der Waals surface area contributed by atoms with Crippen LogP contribution in [0.1, 0.15) is 9.67 Å². The molecule has 0 radical (unpaired) electrons. The van der Waals surface area contributed by atoms with E-state index in [2.05, 4.69) is 4.98 Å². The second kappa shape index (κ2) is 3.02. The van der Waals surface area contributed by atoms with E-state index in [1.165, 1.54) is 17.7 Å². The Labute approximate surface area is 78.0 Å². The normalized spacial score (nSPS) is 10.2. The lowest BCUT2D eigenvalue weighted by molar-refractivity contribution is 0.100. The number of nitrogens with zero attached hydrogens (tertiary/aromatic N) is 1. The number of thiophene rings is 1. The molecule has 0 aliphatic carbocycles. The van der Waals surface area contributed by atoms with Crippen molar-refractivity contribution in [2.24, 2.45) is 5.73 Å². The molecule has 0 fully saturated rings. The third kappa shape index (κ3) is 1.33. The first-order chi connectivity index (χ1) is 6.29. The Kier molecular flexibility index (Phi) is 1.86. The van der Waals surface area contributed by atoms with Crippen molar-refractivity contribution in [1.29, 1.82) is 0 Å². The van der Waals surface area contributed by atoms with E-state index in [4.69, 9.17) is 10.2 Å². The number of primary amides is 1. The van der Waals surface area contributed by atoms with E-state index in [9.17, 15) is 4.79 Å². The predicted octanol–water partition coefficient (Wildman–Crippen LogP) is 1.50. The number of aromatic nitrogens is 1. The zero-order valence-electron chi connectivity index (χ0n) is 6.56. The molecule has 4 nitrogen and oxygen atoms in total. The molecule has 5 heteroatoms. The Bertz CT molecular complexity index is 419. The van der Waals surface area contributed by atoms with Crippen LogP contribution in [0.5, 0.6) is 0 Å². The van der Waals surface area contributed by atoms with Crippen molar-refractivity contribution in [3.8, 4) is 11.3 Å². The topological polar surface area (TPSA) is 69.1 Å². The average molecular weight is 194 g/mol. The third-order valence-electron chi connectivity index (χ3n) is 1.59. The van der Waals surface area contributed by atoms with E-state index in [1.807, 2.05) is 0 Å². The molecule has 66 valence electrons. The second-order valence-electron chi connectivity index (χ2n) is 2.39. The van der Waals surface area contributed by atoms with Gasteiger partial charge in [-0.3, -0.25) is 4.79 Å². The SMILES string of the molecule is NC(=O)c1sccc1-c1cnco1. The summed E-state index contributed by atoms with van der Waals surface area (Å²) in [5.74, 6) is 0.122. The van der Waals surface area contributed by atoms with E-state index in [-0.39, 0.29) is 0 Å². The molecule has 13 heavy (non-hydrogen) atoms.